The third-order valence-electron chi connectivity index (χ3n) is 6.72. The van der Waals surface area contributed by atoms with E-state index >= 15 is 0 Å². The standard InChI is InChI=1S/C27H35N5O4/c1-5-7-19-8-11-25(33)32(16-19)17-23-27(29-30-31(23)4)22-10-9-21(18(3)28-22)24-14-20(12-13-36-24)15-26(34)35-6-2/h8-11,16,20,24H,5-7,12-15,17H2,1-4H3. The second kappa shape index (κ2) is 11.6. The molecule has 0 amide bonds. The maximum atomic E-state index is 12.5. The molecule has 2 unspecified atom stereocenters. The fourth-order valence-corrected chi connectivity index (χ4v) is 4.82. The van der Waals surface area contributed by atoms with Crippen LogP contribution in [0.1, 0.15) is 68.1 Å². The van der Waals surface area contributed by atoms with Crippen molar-refractivity contribution in [3.63, 3.8) is 0 Å². The van der Waals surface area contributed by atoms with Crippen molar-refractivity contribution < 1.29 is 14.3 Å². The van der Waals surface area contributed by atoms with Crippen molar-refractivity contribution in [3.05, 3.63) is 63.3 Å². The molecule has 2 atom stereocenters. The van der Waals surface area contributed by atoms with Gasteiger partial charge >= 0.3 is 5.97 Å². The second-order valence-corrected chi connectivity index (χ2v) is 9.39. The molecule has 9 nitrogen and oxygen atoms in total. The van der Waals surface area contributed by atoms with Gasteiger partial charge in [-0.05, 0) is 50.7 Å². The fourth-order valence-electron chi connectivity index (χ4n) is 4.82. The number of pyridine rings is 2. The molecule has 0 radical (unpaired) electrons. The van der Waals surface area contributed by atoms with Gasteiger partial charge in [0.25, 0.3) is 5.56 Å². The summed E-state index contributed by atoms with van der Waals surface area (Å²) < 4.78 is 14.6. The molecule has 0 bridgehead atoms. The SMILES string of the molecule is CCCc1ccc(=O)n(Cc2c(-c3ccc(C4CC(CC(=O)OCC)CCO4)c(C)n3)nnn2C)c1. The quantitative estimate of drug-likeness (QED) is 0.418. The molecule has 4 rings (SSSR count). The van der Waals surface area contributed by atoms with Gasteiger partial charge in [0.05, 0.1) is 30.6 Å². The van der Waals surface area contributed by atoms with Crippen molar-refractivity contribution in [1.82, 2.24) is 24.5 Å². The van der Waals surface area contributed by atoms with Gasteiger partial charge in [0.15, 0.2) is 0 Å². The number of hydrogen-bond donors (Lipinski definition) is 0. The van der Waals surface area contributed by atoms with Gasteiger partial charge in [0.1, 0.15) is 5.69 Å². The van der Waals surface area contributed by atoms with Crippen LogP contribution in [0.15, 0.2) is 35.3 Å². The summed E-state index contributed by atoms with van der Waals surface area (Å²) in [6.45, 7) is 7.28. The Morgan fingerprint density at radius 2 is 2.06 bits per heavy atom. The van der Waals surface area contributed by atoms with Crippen molar-refractivity contribution in [1.29, 1.82) is 0 Å². The van der Waals surface area contributed by atoms with Crippen LogP contribution in [-0.4, -0.2) is 43.7 Å². The summed E-state index contributed by atoms with van der Waals surface area (Å²) >= 11 is 0. The van der Waals surface area contributed by atoms with E-state index in [0.29, 0.717) is 37.6 Å². The van der Waals surface area contributed by atoms with E-state index in [1.165, 1.54) is 0 Å². The lowest BCUT2D eigenvalue weighted by molar-refractivity contribution is -0.145. The highest BCUT2D eigenvalue weighted by Crippen LogP contribution is 2.35. The molecule has 0 saturated carbocycles. The van der Waals surface area contributed by atoms with E-state index in [0.717, 1.165) is 48.2 Å². The van der Waals surface area contributed by atoms with Crippen molar-refractivity contribution >= 4 is 5.97 Å². The molecule has 0 aromatic carbocycles. The topological polar surface area (TPSA) is 101 Å². The summed E-state index contributed by atoms with van der Waals surface area (Å²) in [6, 6.07) is 7.47. The number of ether oxygens (including phenoxy) is 2. The van der Waals surface area contributed by atoms with Gasteiger partial charge in [-0.25, -0.2) is 4.68 Å². The highest BCUT2D eigenvalue weighted by atomic mass is 16.5. The Kier molecular flexibility index (Phi) is 8.30. The molecule has 3 aromatic heterocycles. The Labute approximate surface area is 211 Å². The summed E-state index contributed by atoms with van der Waals surface area (Å²) in [5, 5.41) is 8.58. The number of carbonyl (C=O) groups excluding carboxylic acids is 1. The second-order valence-electron chi connectivity index (χ2n) is 9.39. The molecule has 9 heteroatoms. The van der Waals surface area contributed by atoms with Crippen molar-refractivity contribution in [2.75, 3.05) is 13.2 Å². The van der Waals surface area contributed by atoms with Crippen molar-refractivity contribution in [2.24, 2.45) is 13.0 Å². The zero-order chi connectivity index (χ0) is 25.7. The van der Waals surface area contributed by atoms with Crippen LogP contribution in [0.3, 0.4) is 0 Å². The van der Waals surface area contributed by atoms with E-state index in [2.05, 4.69) is 17.2 Å². The van der Waals surface area contributed by atoms with Crippen LogP contribution < -0.4 is 5.56 Å². The van der Waals surface area contributed by atoms with Crippen LogP contribution >= 0.6 is 0 Å². The number of rotatable bonds is 9. The molecule has 0 spiro atoms. The molecule has 36 heavy (non-hydrogen) atoms. The molecule has 1 aliphatic rings. The van der Waals surface area contributed by atoms with Crippen molar-refractivity contribution in [2.45, 2.75) is 65.5 Å². The number of aromatic nitrogens is 5. The van der Waals surface area contributed by atoms with Gasteiger partial charge in [0.2, 0.25) is 0 Å². The Balaban J connectivity index is 1.55. The van der Waals surface area contributed by atoms with E-state index in [1.807, 2.05) is 45.3 Å². The number of hydrogen-bond acceptors (Lipinski definition) is 7. The average molecular weight is 494 g/mol. The summed E-state index contributed by atoms with van der Waals surface area (Å²) in [7, 11) is 1.83. The summed E-state index contributed by atoms with van der Waals surface area (Å²) in [5.41, 5.74) is 5.11. The first-order valence-corrected chi connectivity index (χ1v) is 12.7. The monoisotopic (exact) mass is 493 g/mol. The number of aryl methyl sites for hydroxylation is 3. The molecule has 192 valence electrons. The van der Waals surface area contributed by atoms with E-state index in [1.54, 1.807) is 15.3 Å². The first kappa shape index (κ1) is 25.8. The minimum absolute atomic E-state index is 0.0617. The zero-order valence-electron chi connectivity index (χ0n) is 21.6. The summed E-state index contributed by atoms with van der Waals surface area (Å²) in [4.78, 5) is 29.3. The molecule has 0 aliphatic carbocycles. The number of esters is 1. The smallest absolute Gasteiger partial charge is 0.306 e. The lowest BCUT2D eigenvalue weighted by atomic mass is 9.89. The molecular formula is C27H35N5O4. The van der Waals surface area contributed by atoms with Gasteiger partial charge in [-0.15, -0.1) is 5.10 Å². The van der Waals surface area contributed by atoms with E-state index < -0.39 is 0 Å². The Morgan fingerprint density at radius 1 is 1.22 bits per heavy atom. The van der Waals surface area contributed by atoms with Gasteiger partial charge < -0.3 is 14.0 Å². The first-order valence-electron chi connectivity index (χ1n) is 12.7. The lowest BCUT2D eigenvalue weighted by Crippen LogP contribution is -2.23. The Bertz CT molecular complexity index is 1270. The Morgan fingerprint density at radius 3 is 2.81 bits per heavy atom. The fraction of sp³-hybridized carbons (Fsp3) is 0.519. The lowest BCUT2D eigenvalue weighted by Gasteiger charge is -2.30. The predicted octanol–water partition coefficient (Wildman–Crippen LogP) is 3.77. The summed E-state index contributed by atoms with van der Waals surface area (Å²) in [6.07, 6.45) is 5.76. The minimum atomic E-state index is -0.150. The van der Waals surface area contributed by atoms with Crippen LogP contribution in [0.4, 0.5) is 0 Å². The highest BCUT2D eigenvalue weighted by molar-refractivity contribution is 5.69. The number of carbonyl (C=O) groups is 1. The van der Waals surface area contributed by atoms with Gasteiger partial charge in [0, 0.05) is 43.6 Å². The van der Waals surface area contributed by atoms with Crippen LogP contribution in [0.2, 0.25) is 0 Å². The Hall–Kier alpha value is -3.33. The maximum absolute atomic E-state index is 12.5. The summed E-state index contributed by atoms with van der Waals surface area (Å²) in [5.74, 6) is 0.0816. The zero-order valence-corrected chi connectivity index (χ0v) is 21.6. The van der Waals surface area contributed by atoms with Crippen LogP contribution in [0.25, 0.3) is 11.4 Å². The van der Waals surface area contributed by atoms with Crippen LogP contribution in [0.5, 0.6) is 0 Å². The molecule has 1 saturated heterocycles. The minimum Gasteiger partial charge on any atom is -0.466 e. The van der Waals surface area contributed by atoms with E-state index in [9.17, 15) is 9.59 Å². The molecular weight excluding hydrogens is 458 g/mol. The van der Waals surface area contributed by atoms with E-state index in [4.69, 9.17) is 14.5 Å². The molecule has 1 fully saturated rings. The van der Waals surface area contributed by atoms with E-state index in [-0.39, 0.29) is 23.6 Å². The molecule has 1 aliphatic heterocycles. The number of nitrogens with zero attached hydrogens (tertiary/aromatic N) is 5. The molecule has 4 heterocycles. The van der Waals surface area contributed by atoms with Crippen LogP contribution in [0, 0.1) is 12.8 Å². The maximum Gasteiger partial charge on any atom is 0.306 e. The third kappa shape index (κ3) is 5.90. The predicted molar refractivity (Wildman–Crippen MR) is 135 cm³/mol. The first-order chi connectivity index (χ1) is 17.4. The third-order valence-corrected chi connectivity index (χ3v) is 6.72. The van der Waals surface area contributed by atoms with Gasteiger partial charge in [-0.1, -0.05) is 30.7 Å². The van der Waals surface area contributed by atoms with Gasteiger partial charge in [-0.3, -0.25) is 14.6 Å². The van der Waals surface area contributed by atoms with Crippen molar-refractivity contribution in [3.8, 4) is 11.4 Å². The average Bonchev–Trinajstić information content (AvgIpc) is 3.21. The largest absolute Gasteiger partial charge is 0.466 e. The van der Waals surface area contributed by atoms with Gasteiger partial charge in [-0.2, -0.15) is 0 Å². The van der Waals surface area contributed by atoms with Crippen LogP contribution in [-0.2, 0) is 34.3 Å². The molecule has 3 aromatic rings. The highest BCUT2D eigenvalue weighted by Gasteiger charge is 2.28. The normalized spacial score (nSPS) is 17.8. The molecule has 0 N–H and O–H groups in total.